The molecule has 11 rings (SSSR count). The first-order valence-electron chi connectivity index (χ1n) is 17.4. The maximum absolute atomic E-state index is 2.52. The standard InChI is InChI=1S/C48H30N2S/c1-2-14-32(15-3-1)50-43-22-10-8-19-38(43)40-21-12-23-44(48(40)50)49(33-26-28-47-42(29-33)39-20-9-11-24-46(39)51-47)45-30-41-34-16-5-4-13-31(34)25-27-36(41)35-17-6-7-18-37(35)45/h1-30H. The number of rotatable bonds is 4. The van der Waals surface area contributed by atoms with Gasteiger partial charge in [-0.2, -0.15) is 0 Å². The maximum atomic E-state index is 2.52. The Balaban J connectivity index is 1.32. The van der Waals surface area contributed by atoms with Gasteiger partial charge in [-0.05, 0) is 81.5 Å². The van der Waals surface area contributed by atoms with Crippen molar-refractivity contribution >= 4 is 103 Å². The summed E-state index contributed by atoms with van der Waals surface area (Å²) in [6.45, 7) is 0. The van der Waals surface area contributed by atoms with Crippen molar-refractivity contribution in [2.75, 3.05) is 4.90 Å². The van der Waals surface area contributed by atoms with Gasteiger partial charge in [-0.15, -0.1) is 11.3 Å². The summed E-state index contributed by atoms with van der Waals surface area (Å²) in [4.78, 5) is 2.52. The van der Waals surface area contributed by atoms with E-state index < -0.39 is 0 Å². The molecule has 0 radical (unpaired) electrons. The molecule has 51 heavy (non-hydrogen) atoms. The molecule has 0 atom stereocenters. The fourth-order valence-electron chi connectivity index (χ4n) is 8.31. The van der Waals surface area contributed by atoms with Gasteiger partial charge >= 0.3 is 0 Å². The smallest absolute Gasteiger partial charge is 0.0782 e. The molecule has 3 heteroatoms. The minimum Gasteiger partial charge on any atom is -0.308 e. The molecule has 0 unspecified atom stereocenters. The van der Waals surface area contributed by atoms with Crippen molar-refractivity contribution in [1.29, 1.82) is 0 Å². The number of hydrogen-bond donors (Lipinski definition) is 0. The van der Waals surface area contributed by atoms with Crippen LogP contribution in [0.1, 0.15) is 0 Å². The first-order chi connectivity index (χ1) is 25.3. The molecule has 2 aromatic heterocycles. The van der Waals surface area contributed by atoms with E-state index in [4.69, 9.17) is 0 Å². The van der Waals surface area contributed by atoms with Crippen LogP contribution >= 0.6 is 11.3 Å². The number of aromatic nitrogens is 1. The van der Waals surface area contributed by atoms with E-state index in [1.807, 2.05) is 11.3 Å². The van der Waals surface area contributed by atoms with Crippen molar-refractivity contribution in [3.63, 3.8) is 0 Å². The van der Waals surface area contributed by atoms with E-state index in [0.717, 1.165) is 22.7 Å². The predicted molar refractivity (Wildman–Crippen MR) is 221 cm³/mol. The lowest BCUT2D eigenvalue weighted by molar-refractivity contribution is 1.17. The zero-order chi connectivity index (χ0) is 33.5. The summed E-state index contributed by atoms with van der Waals surface area (Å²) in [5.41, 5.74) is 6.95. The second-order valence-corrected chi connectivity index (χ2v) is 14.4. The molecule has 2 heterocycles. The molecule has 9 aromatic carbocycles. The first kappa shape index (κ1) is 28.4. The van der Waals surface area contributed by atoms with Gasteiger partial charge in [-0.1, -0.05) is 127 Å². The molecular formula is C48H30N2S. The third-order valence-electron chi connectivity index (χ3n) is 10.5. The number of para-hydroxylation sites is 3. The van der Waals surface area contributed by atoms with Crippen molar-refractivity contribution < 1.29 is 0 Å². The lowest BCUT2D eigenvalue weighted by Crippen LogP contribution is -2.12. The molecule has 0 bridgehead atoms. The highest BCUT2D eigenvalue weighted by Gasteiger charge is 2.24. The van der Waals surface area contributed by atoms with Crippen LogP contribution in [-0.4, -0.2) is 4.57 Å². The van der Waals surface area contributed by atoms with Gasteiger partial charge in [-0.3, -0.25) is 0 Å². The quantitative estimate of drug-likeness (QED) is 0.170. The number of benzene rings is 9. The Morgan fingerprint density at radius 3 is 1.92 bits per heavy atom. The van der Waals surface area contributed by atoms with Crippen LogP contribution in [0.4, 0.5) is 17.1 Å². The van der Waals surface area contributed by atoms with Crippen LogP contribution in [0.15, 0.2) is 182 Å². The van der Waals surface area contributed by atoms with Crippen LogP contribution in [0.2, 0.25) is 0 Å². The van der Waals surface area contributed by atoms with Crippen LogP contribution in [0.3, 0.4) is 0 Å². The van der Waals surface area contributed by atoms with Crippen LogP contribution < -0.4 is 4.90 Å². The zero-order valence-corrected chi connectivity index (χ0v) is 28.4. The normalized spacial score (nSPS) is 11.9. The van der Waals surface area contributed by atoms with E-state index in [1.54, 1.807) is 0 Å². The summed E-state index contributed by atoms with van der Waals surface area (Å²) in [5.74, 6) is 0. The van der Waals surface area contributed by atoms with E-state index >= 15 is 0 Å². The maximum Gasteiger partial charge on any atom is 0.0782 e. The van der Waals surface area contributed by atoms with E-state index in [1.165, 1.54) is 74.3 Å². The average molecular weight is 667 g/mol. The number of fused-ring (bicyclic) bond motifs is 11. The highest BCUT2D eigenvalue weighted by atomic mass is 32.1. The molecule has 11 aromatic rings. The molecule has 2 nitrogen and oxygen atoms in total. The molecular weight excluding hydrogens is 637 g/mol. The summed E-state index contributed by atoms with van der Waals surface area (Å²) >= 11 is 1.86. The highest BCUT2D eigenvalue weighted by molar-refractivity contribution is 7.25. The molecule has 0 fully saturated rings. The fraction of sp³-hybridized carbons (Fsp3) is 0. The van der Waals surface area contributed by atoms with Gasteiger partial charge in [0.1, 0.15) is 0 Å². The Morgan fingerprint density at radius 1 is 0.373 bits per heavy atom. The van der Waals surface area contributed by atoms with E-state index in [-0.39, 0.29) is 0 Å². The van der Waals surface area contributed by atoms with Gasteiger partial charge in [0.15, 0.2) is 0 Å². The number of thiophene rings is 1. The molecule has 0 aliphatic heterocycles. The number of nitrogens with zero attached hydrogens (tertiary/aromatic N) is 2. The Morgan fingerprint density at radius 2 is 1.04 bits per heavy atom. The first-order valence-corrected chi connectivity index (χ1v) is 18.3. The Hall–Kier alpha value is -6.42. The van der Waals surface area contributed by atoms with Gasteiger partial charge in [0.2, 0.25) is 0 Å². The molecule has 0 aliphatic rings. The van der Waals surface area contributed by atoms with Crippen molar-refractivity contribution in [1.82, 2.24) is 4.57 Å². The molecule has 0 amide bonds. The topological polar surface area (TPSA) is 8.17 Å². The van der Waals surface area contributed by atoms with Crippen LogP contribution in [-0.2, 0) is 0 Å². The molecule has 0 saturated heterocycles. The Kier molecular flexibility index (Phi) is 6.16. The molecule has 0 aliphatic carbocycles. The van der Waals surface area contributed by atoms with Gasteiger partial charge in [0, 0.05) is 47.7 Å². The minimum absolute atomic E-state index is 1.13. The Bertz CT molecular complexity index is 3150. The minimum atomic E-state index is 1.13. The van der Waals surface area contributed by atoms with Crippen molar-refractivity contribution in [3.05, 3.63) is 182 Å². The monoisotopic (exact) mass is 666 g/mol. The van der Waals surface area contributed by atoms with Gasteiger partial charge in [0.05, 0.1) is 22.4 Å². The van der Waals surface area contributed by atoms with Crippen LogP contribution in [0.25, 0.3) is 80.0 Å². The highest BCUT2D eigenvalue weighted by Crippen LogP contribution is 2.48. The fourth-order valence-corrected chi connectivity index (χ4v) is 9.40. The molecule has 0 saturated carbocycles. The third-order valence-corrected chi connectivity index (χ3v) is 11.7. The van der Waals surface area contributed by atoms with E-state index in [9.17, 15) is 0 Å². The third kappa shape index (κ3) is 4.22. The predicted octanol–water partition coefficient (Wildman–Crippen LogP) is 14.1. The number of hydrogen-bond acceptors (Lipinski definition) is 2. The second-order valence-electron chi connectivity index (χ2n) is 13.3. The molecule has 0 spiro atoms. The molecule has 0 N–H and O–H groups in total. The summed E-state index contributed by atoms with van der Waals surface area (Å²) < 4.78 is 5.06. The van der Waals surface area contributed by atoms with E-state index in [0.29, 0.717) is 0 Å². The zero-order valence-electron chi connectivity index (χ0n) is 27.6. The summed E-state index contributed by atoms with van der Waals surface area (Å²) in [6, 6.07) is 66.9. The molecule has 238 valence electrons. The lowest BCUT2D eigenvalue weighted by Gasteiger charge is -2.29. The van der Waals surface area contributed by atoms with E-state index in [2.05, 4.69) is 191 Å². The van der Waals surface area contributed by atoms with Gasteiger partial charge in [0.25, 0.3) is 0 Å². The van der Waals surface area contributed by atoms with Crippen molar-refractivity contribution in [3.8, 4) is 5.69 Å². The average Bonchev–Trinajstić information content (AvgIpc) is 3.74. The van der Waals surface area contributed by atoms with Crippen LogP contribution in [0, 0.1) is 0 Å². The Labute approximate surface area is 298 Å². The van der Waals surface area contributed by atoms with Crippen molar-refractivity contribution in [2.24, 2.45) is 0 Å². The van der Waals surface area contributed by atoms with Gasteiger partial charge in [-0.25, -0.2) is 0 Å². The van der Waals surface area contributed by atoms with Crippen molar-refractivity contribution in [2.45, 2.75) is 0 Å². The summed E-state index contributed by atoms with van der Waals surface area (Å²) in [6.07, 6.45) is 0. The SMILES string of the molecule is c1ccc(-n2c3ccccc3c3cccc(N(c4ccc5sc6ccccc6c5c4)c4cc5c6ccccc6ccc5c5ccccc45)c32)cc1. The number of anilines is 3. The largest absolute Gasteiger partial charge is 0.308 e. The lowest BCUT2D eigenvalue weighted by atomic mass is 9.95. The summed E-state index contributed by atoms with van der Waals surface area (Å²) in [7, 11) is 0. The van der Waals surface area contributed by atoms with Crippen LogP contribution in [0.5, 0.6) is 0 Å². The second kappa shape index (κ2) is 11.0. The summed E-state index contributed by atoms with van der Waals surface area (Å²) in [5, 5.41) is 12.5. The van der Waals surface area contributed by atoms with Gasteiger partial charge < -0.3 is 9.47 Å².